The van der Waals surface area contributed by atoms with Crippen molar-refractivity contribution in [2.75, 3.05) is 23.7 Å². The molecule has 2 rings (SSSR count). The van der Waals surface area contributed by atoms with Crippen LogP contribution in [-0.2, 0) is 26.2 Å². The molecule has 0 spiro atoms. The van der Waals surface area contributed by atoms with Crippen LogP contribution in [0.1, 0.15) is 31.4 Å². The summed E-state index contributed by atoms with van der Waals surface area (Å²) in [6.07, 6.45) is 1.73. The van der Waals surface area contributed by atoms with Gasteiger partial charge in [-0.2, -0.15) is 0 Å². The smallest absolute Gasteiger partial charge is 0.244 e. The highest BCUT2D eigenvalue weighted by molar-refractivity contribution is 7.92. The molecular weight excluding hydrogens is 521 g/mol. The van der Waals surface area contributed by atoms with Crippen molar-refractivity contribution in [1.82, 2.24) is 10.2 Å². The fourth-order valence-corrected chi connectivity index (χ4v) is 4.86. The van der Waals surface area contributed by atoms with Gasteiger partial charge in [-0.25, -0.2) is 8.42 Å². The number of carbonyl (C=O) groups is 2. The maximum absolute atomic E-state index is 13.5. The minimum Gasteiger partial charge on any atom is -0.354 e. The Morgan fingerprint density at radius 2 is 1.71 bits per heavy atom. The molecule has 1 atom stereocenters. The molecule has 0 aromatic heterocycles. The van der Waals surface area contributed by atoms with Crippen LogP contribution in [0.5, 0.6) is 0 Å². The Morgan fingerprint density at radius 3 is 2.26 bits per heavy atom. The summed E-state index contributed by atoms with van der Waals surface area (Å²) in [6.45, 7) is 5.03. The summed E-state index contributed by atoms with van der Waals surface area (Å²) in [5.41, 5.74) is 1.36. The van der Waals surface area contributed by atoms with E-state index in [0.29, 0.717) is 32.7 Å². The molecule has 2 aromatic carbocycles. The van der Waals surface area contributed by atoms with Crippen LogP contribution in [0.3, 0.4) is 0 Å². The number of hydrogen-bond donors (Lipinski definition) is 1. The molecule has 2 amide bonds. The van der Waals surface area contributed by atoms with Crippen molar-refractivity contribution in [1.29, 1.82) is 0 Å². The van der Waals surface area contributed by atoms with Crippen LogP contribution in [-0.4, -0.2) is 50.5 Å². The number of sulfonamides is 1. The molecule has 11 heteroatoms. The Morgan fingerprint density at radius 1 is 1.09 bits per heavy atom. The fourth-order valence-electron chi connectivity index (χ4n) is 3.28. The Kier molecular flexibility index (Phi) is 10.1. The topological polar surface area (TPSA) is 86.8 Å². The van der Waals surface area contributed by atoms with Gasteiger partial charge in [0.05, 0.1) is 11.9 Å². The second kappa shape index (κ2) is 12.1. The minimum absolute atomic E-state index is 0.0792. The number of aryl methyl sites for hydroxylation is 1. The van der Waals surface area contributed by atoms with Gasteiger partial charge in [0.25, 0.3) is 0 Å². The maximum atomic E-state index is 13.5. The molecule has 186 valence electrons. The van der Waals surface area contributed by atoms with Crippen LogP contribution in [0.4, 0.5) is 5.69 Å². The summed E-state index contributed by atoms with van der Waals surface area (Å²) in [5, 5.41) is 3.76. The van der Waals surface area contributed by atoms with Crippen molar-refractivity contribution in [2.45, 2.75) is 39.8 Å². The Balaban J connectivity index is 2.48. The summed E-state index contributed by atoms with van der Waals surface area (Å²) in [7, 11) is -3.86. The molecule has 0 radical (unpaired) electrons. The third-order valence-corrected chi connectivity index (χ3v) is 7.30. The number of halogens is 3. The largest absolute Gasteiger partial charge is 0.354 e. The lowest BCUT2D eigenvalue weighted by atomic mass is 10.1. The normalized spacial score (nSPS) is 12.2. The van der Waals surface area contributed by atoms with E-state index in [4.69, 9.17) is 34.8 Å². The first-order valence-electron chi connectivity index (χ1n) is 10.6. The number of carbonyl (C=O) groups excluding carboxylic acids is 2. The first-order valence-corrected chi connectivity index (χ1v) is 13.6. The lowest BCUT2D eigenvalue weighted by molar-refractivity contribution is -0.139. The zero-order chi connectivity index (χ0) is 25.6. The number of rotatable bonds is 10. The van der Waals surface area contributed by atoms with Crippen LogP contribution >= 0.6 is 34.8 Å². The first-order chi connectivity index (χ1) is 15.9. The number of benzene rings is 2. The molecule has 2 aromatic rings. The highest BCUT2D eigenvalue weighted by Gasteiger charge is 2.31. The molecular formula is C23H28Cl3N3O4S. The van der Waals surface area contributed by atoms with Gasteiger partial charge >= 0.3 is 0 Å². The Bertz CT molecular complexity index is 1140. The van der Waals surface area contributed by atoms with E-state index in [1.54, 1.807) is 44.2 Å². The third kappa shape index (κ3) is 7.25. The van der Waals surface area contributed by atoms with E-state index in [9.17, 15) is 18.0 Å². The molecule has 1 unspecified atom stereocenters. The van der Waals surface area contributed by atoms with Crippen molar-refractivity contribution in [3.8, 4) is 0 Å². The highest BCUT2D eigenvalue weighted by Crippen LogP contribution is 2.29. The molecule has 0 aliphatic carbocycles. The lowest BCUT2D eigenvalue weighted by Gasteiger charge is -2.32. The van der Waals surface area contributed by atoms with E-state index in [2.05, 4.69) is 5.32 Å². The molecule has 0 fully saturated rings. The summed E-state index contributed by atoms with van der Waals surface area (Å²) < 4.78 is 26.3. The molecule has 0 bridgehead atoms. The summed E-state index contributed by atoms with van der Waals surface area (Å²) in [4.78, 5) is 27.6. The van der Waals surface area contributed by atoms with Gasteiger partial charge in [0, 0.05) is 33.7 Å². The predicted molar refractivity (Wildman–Crippen MR) is 138 cm³/mol. The average molecular weight is 549 g/mol. The van der Waals surface area contributed by atoms with Crippen LogP contribution in [0.2, 0.25) is 15.1 Å². The monoisotopic (exact) mass is 547 g/mol. The summed E-state index contributed by atoms with van der Waals surface area (Å²) in [5.74, 6) is -0.969. The SMILES string of the molecule is CCCNC(=O)C(C)N(Cc1c(Cl)cccc1Cl)C(=O)CN(c1cc(Cl)ccc1C)S(C)(=O)=O. The van der Waals surface area contributed by atoms with Crippen molar-refractivity contribution in [2.24, 2.45) is 0 Å². The van der Waals surface area contributed by atoms with E-state index in [-0.39, 0.29) is 18.1 Å². The van der Waals surface area contributed by atoms with Gasteiger partial charge in [-0.1, -0.05) is 53.9 Å². The lowest BCUT2D eigenvalue weighted by Crippen LogP contribution is -2.51. The quantitative estimate of drug-likeness (QED) is 0.468. The number of nitrogens with one attached hydrogen (secondary N) is 1. The molecule has 0 saturated carbocycles. The first kappa shape index (κ1) is 28.2. The van der Waals surface area contributed by atoms with E-state index in [0.717, 1.165) is 17.0 Å². The van der Waals surface area contributed by atoms with Gasteiger partial charge in [0.15, 0.2) is 0 Å². The zero-order valence-electron chi connectivity index (χ0n) is 19.4. The van der Waals surface area contributed by atoms with E-state index < -0.39 is 28.5 Å². The van der Waals surface area contributed by atoms with E-state index in [1.807, 2.05) is 6.92 Å². The number of hydrogen-bond acceptors (Lipinski definition) is 4. The summed E-state index contributed by atoms with van der Waals surface area (Å²) >= 11 is 18.7. The highest BCUT2D eigenvalue weighted by atomic mass is 35.5. The Labute approximate surface area is 216 Å². The molecule has 0 aliphatic rings. The van der Waals surface area contributed by atoms with Crippen LogP contribution in [0.25, 0.3) is 0 Å². The Hall–Kier alpha value is -2.00. The fraction of sp³-hybridized carbons (Fsp3) is 0.391. The van der Waals surface area contributed by atoms with Crippen LogP contribution in [0.15, 0.2) is 36.4 Å². The molecule has 0 saturated heterocycles. The molecule has 7 nitrogen and oxygen atoms in total. The van der Waals surface area contributed by atoms with Crippen LogP contribution < -0.4 is 9.62 Å². The van der Waals surface area contributed by atoms with Crippen molar-refractivity contribution < 1.29 is 18.0 Å². The average Bonchev–Trinajstić information content (AvgIpc) is 2.76. The zero-order valence-corrected chi connectivity index (χ0v) is 22.5. The minimum atomic E-state index is -3.86. The van der Waals surface area contributed by atoms with Crippen molar-refractivity contribution in [3.05, 3.63) is 62.6 Å². The van der Waals surface area contributed by atoms with Gasteiger partial charge in [0.1, 0.15) is 12.6 Å². The molecule has 1 N–H and O–H groups in total. The van der Waals surface area contributed by atoms with Crippen LogP contribution in [0, 0.1) is 6.92 Å². The van der Waals surface area contributed by atoms with Gasteiger partial charge in [-0.15, -0.1) is 0 Å². The van der Waals surface area contributed by atoms with E-state index in [1.165, 1.54) is 11.0 Å². The van der Waals surface area contributed by atoms with E-state index >= 15 is 0 Å². The maximum Gasteiger partial charge on any atom is 0.244 e. The second-order valence-corrected chi connectivity index (χ2v) is 11.0. The molecule has 0 heterocycles. The predicted octanol–water partition coefficient (Wildman–Crippen LogP) is 4.66. The summed E-state index contributed by atoms with van der Waals surface area (Å²) in [6, 6.07) is 8.81. The molecule has 0 aliphatic heterocycles. The van der Waals surface area contributed by atoms with Gasteiger partial charge in [-0.3, -0.25) is 13.9 Å². The standard InChI is InChI=1S/C23H28Cl3N3O4S/c1-5-11-27-23(31)16(3)28(13-18-19(25)7-6-8-20(18)26)22(30)14-29(34(4,32)33)21-12-17(24)10-9-15(21)2/h6-10,12,16H,5,11,13-14H2,1-4H3,(H,27,31). The number of nitrogens with zero attached hydrogens (tertiary/aromatic N) is 2. The van der Waals surface area contributed by atoms with Crippen molar-refractivity contribution in [3.63, 3.8) is 0 Å². The number of amides is 2. The molecule has 34 heavy (non-hydrogen) atoms. The third-order valence-electron chi connectivity index (χ3n) is 5.23. The van der Waals surface area contributed by atoms with Gasteiger partial charge in [0.2, 0.25) is 21.8 Å². The second-order valence-electron chi connectivity index (χ2n) is 7.89. The van der Waals surface area contributed by atoms with Crippen molar-refractivity contribution >= 4 is 62.3 Å². The number of anilines is 1. The van der Waals surface area contributed by atoms with Gasteiger partial charge < -0.3 is 10.2 Å². The van der Waals surface area contributed by atoms with Gasteiger partial charge in [-0.05, 0) is 50.1 Å².